The van der Waals surface area contributed by atoms with Crippen LogP contribution in [0.3, 0.4) is 0 Å². The molecule has 1 aliphatic rings. The third-order valence-corrected chi connectivity index (χ3v) is 3.05. The van der Waals surface area contributed by atoms with E-state index in [1.807, 2.05) is 6.92 Å². The summed E-state index contributed by atoms with van der Waals surface area (Å²) in [4.78, 5) is 2.47. The minimum absolute atomic E-state index is 0.143. The molecule has 0 aromatic rings. The zero-order valence-corrected chi connectivity index (χ0v) is 9.00. The molecule has 1 fully saturated rings. The summed E-state index contributed by atoms with van der Waals surface area (Å²) in [5.74, 6) is 0.953. The molecule has 1 aliphatic carbocycles. The first-order chi connectivity index (χ1) is 6.22. The minimum Gasteiger partial charge on any atom is -0.393 e. The predicted octanol–water partition coefficient (Wildman–Crippen LogP) is 1.88. The van der Waals surface area contributed by atoms with Gasteiger partial charge in [-0.3, -0.25) is 0 Å². The first-order valence-corrected chi connectivity index (χ1v) is 5.62. The Bertz CT molecular complexity index is 132. The molecule has 0 amide bonds. The summed E-state index contributed by atoms with van der Waals surface area (Å²) in [7, 11) is 0. The fourth-order valence-electron chi connectivity index (χ4n) is 1.79. The molecule has 1 unspecified atom stereocenters. The highest BCUT2D eigenvalue weighted by molar-refractivity contribution is 4.73. The second kappa shape index (κ2) is 5.61. The summed E-state index contributed by atoms with van der Waals surface area (Å²) in [6, 6.07) is 0. The van der Waals surface area contributed by atoms with Crippen molar-refractivity contribution in [2.75, 3.05) is 19.6 Å². The summed E-state index contributed by atoms with van der Waals surface area (Å²) in [5, 5.41) is 9.18. The summed E-state index contributed by atoms with van der Waals surface area (Å²) in [6.45, 7) is 7.52. The van der Waals surface area contributed by atoms with Crippen molar-refractivity contribution in [3.63, 3.8) is 0 Å². The molecular weight excluding hydrogens is 162 g/mol. The number of hydrogen-bond donors (Lipinski definition) is 1. The molecule has 78 valence electrons. The van der Waals surface area contributed by atoms with E-state index in [1.54, 1.807) is 0 Å². The van der Waals surface area contributed by atoms with E-state index in [4.69, 9.17) is 0 Å². The van der Waals surface area contributed by atoms with Crippen LogP contribution >= 0.6 is 0 Å². The monoisotopic (exact) mass is 185 g/mol. The molecule has 0 aromatic heterocycles. The SMILES string of the molecule is CCN(CCC(C)O)CC1CCC1. The Morgan fingerprint density at radius 2 is 2.15 bits per heavy atom. The van der Waals surface area contributed by atoms with Gasteiger partial charge < -0.3 is 10.0 Å². The highest BCUT2D eigenvalue weighted by atomic mass is 16.3. The van der Waals surface area contributed by atoms with Crippen LogP contribution in [0.5, 0.6) is 0 Å². The van der Waals surface area contributed by atoms with Crippen molar-refractivity contribution < 1.29 is 5.11 Å². The molecular formula is C11H23NO. The van der Waals surface area contributed by atoms with Gasteiger partial charge in [-0.15, -0.1) is 0 Å². The number of aliphatic hydroxyl groups is 1. The van der Waals surface area contributed by atoms with E-state index in [0.717, 1.165) is 25.4 Å². The molecule has 0 spiro atoms. The van der Waals surface area contributed by atoms with Gasteiger partial charge in [-0.1, -0.05) is 13.3 Å². The van der Waals surface area contributed by atoms with Gasteiger partial charge in [0, 0.05) is 13.1 Å². The number of aliphatic hydroxyl groups excluding tert-OH is 1. The largest absolute Gasteiger partial charge is 0.393 e. The van der Waals surface area contributed by atoms with Crippen LogP contribution in [-0.4, -0.2) is 35.7 Å². The van der Waals surface area contributed by atoms with Crippen LogP contribution in [0.1, 0.15) is 39.5 Å². The normalized spacial score (nSPS) is 20.3. The molecule has 0 aliphatic heterocycles. The van der Waals surface area contributed by atoms with Crippen molar-refractivity contribution in [3.05, 3.63) is 0 Å². The standard InChI is InChI=1S/C11H23NO/c1-3-12(8-7-10(2)13)9-11-5-4-6-11/h10-11,13H,3-9H2,1-2H3. The number of rotatable bonds is 6. The Kier molecular flexibility index (Phi) is 4.74. The zero-order chi connectivity index (χ0) is 9.68. The van der Waals surface area contributed by atoms with Gasteiger partial charge in [0.25, 0.3) is 0 Å². The van der Waals surface area contributed by atoms with E-state index >= 15 is 0 Å². The first-order valence-electron chi connectivity index (χ1n) is 5.62. The van der Waals surface area contributed by atoms with Gasteiger partial charge in [0.1, 0.15) is 0 Å². The quantitative estimate of drug-likeness (QED) is 0.683. The van der Waals surface area contributed by atoms with Gasteiger partial charge in [-0.25, -0.2) is 0 Å². The Morgan fingerprint density at radius 1 is 1.46 bits per heavy atom. The summed E-state index contributed by atoms with van der Waals surface area (Å²) in [6.07, 6.45) is 5.05. The molecule has 1 rings (SSSR count). The van der Waals surface area contributed by atoms with Gasteiger partial charge in [0.2, 0.25) is 0 Å². The molecule has 1 N–H and O–H groups in total. The topological polar surface area (TPSA) is 23.5 Å². The fraction of sp³-hybridized carbons (Fsp3) is 1.00. The van der Waals surface area contributed by atoms with Crippen LogP contribution in [0, 0.1) is 5.92 Å². The lowest BCUT2D eigenvalue weighted by atomic mass is 9.85. The van der Waals surface area contributed by atoms with Gasteiger partial charge in [0.15, 0.2) is 0 Å². The maximum absolute atomic E-state index is 9.18. The third kappa shape index (κ3) is 4.10. The van der Waals surface area contributed by atoms with Crippen LogP contribution in [0.4, 0.5) is 0 Å². The molecule has 0 bridgehead atoms. The lowest BCUT2D eigenvalue weighted by molar-refractivity contribution is 0.136. The molecule has 1 saturated carbocycles. The lowest BCUT2D eigenvalue weighted by Crippen LogP contribution is -2.34. The highest BCUT2D eigenvalue weighted by Gasteiger charge is 2.19. The minimum atomic E-state index is -0.143. The van der Waals surface area contributed by atoms with Crippen molar-refractivity contribution in [1.29, 1.82) is 0 Å². The van der Waals surface area contributed by atoms with Crippen molar-refractivity contribution in [1.82, 2.24) is 4.90 Å². The second-order valence-electron chi connectivity index (χ2n) is 4.33. The smallest absolute Gasteiger partial charge is 0.0524 e. The van der Waals surface area contributed by atoms with Crippen LogP contribution < -0.4 is 0 Å². The molecule has 0 radical (unpaired) electrons. The molecule has 0 saturated heterocycles. The highest BCUT2D eigenvalue weighted by Crippen LogP contribution is 2.26. The third-order valence-electron chi connectivity index (χ3n) is 3.05. The zero-order valence-electron chi connectivity index (χ0n) is 9.00. The van der Waals surface area contributed by atoms with Crippen molar-refractivity contribution in [2.45, 2.75) is 45.6 Å². The van der Waals surface area contributed by atoms with Gasteiger partial charge in [0.05, 0.1) is 6.10 Å². The van der Waals surface area contributed by atoms with Gasteiger partial charge in [-0.2, -0.15) is 0 Å². The lowest BCUT2D eigenvalue weighted by Gasteiger charge is -2.31. The molecule has 0 aromatic carbocycles. The average Bonchev–Trinajstić information content (AvgIpc) is 2.01. The van der Waals surface area contributed by atoms with Gasteiger partial charge >= 0.3 is 0 Å². The Morgan fingerprint density at radius 3 is 2.54 bits per heavy atom. The molecule has 0 heterocycles. The van der Waals surface area contributed by atoms with E-state index in [2.05, 4.69) is 11.8 Å². The van der Waals surface area contributed by atoms with Crippen LogP contribution in [-0.2, 0) is 0 Å². The Balaban J connectivity index is 2.09. The van der Waals surface area contributed by atoms with Crippen LogP contribution in [0.25, 0.3) is 0 Å². The molecule has 2 heteroatoms. The van der Waals surface area contributed by atoms with E-state index < -0.39 is 0 Å². The Labute approximate surface area is 81.9 Å². The van der Waals surface area contributed by atoms with Crippen LogP contribution in [0.15, 0.2) is 0 Å². The maximum atomic E-state index is 9.18. The Hall–Kier alpha value is -0.0800. The summed E-state index contributed by atoms with van der Waals surface area (Å²) >= 11 is 0. The van der Waals surface area contributed by atoms with E-state index in [0.29, 0.717) is 0 Å². The predicted molar refractivity (Wildman–Crippen MR) is 55.8 cm³/mol. The van der Waals surface area contributed by atoms with Crippen molar-refractivity contribution in [3.8, 4) is 0 Å². The molecule has 1 atom stereocenters. The maximum Gasteiger partial charge on any atom is 0.0524 e. The average molecular weight is 185 g/mol. The van der Waals surface area contributed by atoms with E-state index in [-0.39, 0.29) is 6.10 Å². The fourth-order valence-corrected chi connectivity index (χ4v) is 1.79. The van der Waals surface area contributed by atoms with Gasteiger partial charge in [-0.05, 0) is 38.6 Å². The van der Waals surface area contributed by atoms with E-state index in [9.17, 15) is 5.11 Å². The van der Waals surface area contributed by atoms with Crippen molar-refractivity contribution >= 4 is 0 Å². The first kappa shape index (κ1) is 11.0. The summed E-state index contributed by atoms with van der Waals surface area (Å²) < 4.78 is 0. The number of nitrogens with zero attached hydrogens (tertiary/aromatic N) is 1. The second-order valence-corrected chi connectivity index (χ2v) is 4.33. The molecule has 2 nitrogen and oxygen atoms in total. The van der Waals surface area contributed by atoms with E-state index in [1.165, 1.54) is 25.8 Å². The molecule has 13 heavy (non-hydrogen) atoms. The number of hydrogen-bond acceptors (Lipinski definition) is 2. The van der Waals surface area contributed by atoms with Crippen LogP contribution in [0.2, 0.25) is 0 Å². The van der Waals surface area contributed by atoms with Crippen molar-refractivity contribution in [2.24, 2.45) is 5.92 Å². The summed E-state index contributed by atoms with van der Waals surface area (Å²) in [5.41, 5.74) is 0.